The monoisotopic (exact) mass is 479 g/mol. The maximum absolute atomic E-state index is 14.6. The van der Waals surface area contributed by atoms with Gasteiger partial charge in [0.25, 0.3) is 0 Å². The first-order valence-corrected chi connectivity index (χ1v) is 15.7. The third kappa shape index (κ3) is 7.65. The van der Waals surface area contributed by atoms with Gasteiger partial charge in [0.05, 0.1) is 14.7 Å². The Labute approximate surface area is 190 Å². The number of Topliss-reactive ketones (excluding diaryl/α,β-unsaturated/α-hetero) is 1. The fraction of sp³-hybridized carbons (Fsp3) is 0.391. The second kappa shape index (κ2) is 10.5. The molecule has 1 atom stereocenters. The van der Waals surface area contributed by atoms with E-state index in [0.29, 0.717) is 22.9 Å². The summed E-state index contributed by atoms with van der Waals surface area (Å²) in [6, 6.07) is 10.7. The first-order chi connectivity index (χ1) is 14.8. The van der Waals surface area contributed by atoms with E-state index in [4.69, 9.17) is 4.74 Å². The topological polar surface area (TPSA) is 89.5 Å². The van der Waals surface area contributed by atoms with E-state index in [0.717, 1.165) is 11.8 Å². The van der Waals surface area contributed by atoms with E-state index in [1.807, 2.05) is 19.6 Å². The Morgan fingerprint density at radius 1 is 1.06 bits per heavy atom. The van der Waals surface area contributed by atoms with Crippen LogP contribution in [-0.2, 0) is 37.2 Å². The van der Waals surface area contributed by atoms with E-state index in [1.165, 1.54) is 6.07 Å². The molecule has 2 rings (SSSR count). The minimum absolute atomic E-state index is 0.105. The normalized spacial score (nSPS) is 12.9. The molecule has 6 nitrogen and oxygen atoms in total. The Bertz CT molecular complexity index is 1080. The second-order valence-electron chi connectivity index (χ2n) is 8.95. The zero-order valence-corrected chi connectivity index (χ0v) is 20.9. The SMILES string of the molecule is COCc1ccc([C@@H](NC(=O)CS(C)(=O)=O)C(=O)Cc2ccc([Si](C)(C)C)c(F)c2)cc1. The van der Waals surface area contributed by atoms with Crippen LogP contribution in [-0.4, -0.2) is 47.3 Å². The van der Waals surface area contributed by atoms with Crippen LogP contribution in [0, 0.1) is 5.82 Å². The van der Waals surface area contributed by atoms with Crippen molar-refractivity contribution in [2.45, 2.75) is 38.7 Å². The highest BCUT2D eigenvalue weighted by atomic mass is 32.2. The first-order valence-electron chi connectivity index (χ1n) is 10.2. The van der Waals surface area contributed by atoms with Gasteiger partial charge < -0.3 is 10.1 Å². The predicted octanol–water partition coefficient (Wildman–Crippen LogP) is 2.53. The van der Waals surface area contributed by atoms with Gasteiger partial charge in [-0.3, -0.25) is 9.59 Å². The van der Waals surface area contributed by atoms with Gasteiger partial charge in [-0.05, 0) is 27.9 Å². The number of halogens is 1. The number of methoxy groups -OCH3 is 1. The zero-order valence-electron chi connectivity index (χ0n) is 19.1. The molecular formula is C23H30FNO5SSi. The van der Waals surface area contributed by atoms with Crippen molar-refractivity contribution in [1.29, 1.82) is 0 Å². The number of amides is 1. The molecule has 0 bridgehead atoms. The molecule has 0 saturated carbocycles. The molecule has 0 saturated heterocycles. The van der Waals surface area contributed by atoms with Gasteiger partial charge in [-0.25, -0.2) is 12.8 Å². The van der Waals surface area contributed by atoms with Crippen molar-refractivity contribution in [2.24, 2.45) is 0 Å². The highest BCUT2D eigenvalue weighted by Crippen LogP contribution is 2.19. The molecular weight excluding hydrogens is 449 g/mol. The van der Waals surface area contributed by atoms with Gasteiger partial charge in [0, 0.05) is 19.8 Å². The molecule has 0 spiro atoms. The van der Waals surface area contributed by atoms with E-state index >= 15 is 0 Å². The molecule has 174 valence electrons. The van der Waals surface area contributed by atoms with Crippen LogP contribution < -0.4 is 10.5 Å². The standard InChI is InChI=1S/C23H30FNO5SSi/c1-30-14-16-6-9-18(10-7-16)23(25-22(27)15-31(2,28)29)20(26)13-17-8-11-21(19(24)12-17)32(3,4)5/h6-12,23H,13-15H2,1-5H3,(H,25,27)/t23-/m1/s1. The number of ether oxygens (including phenoxy) is 1. The quantitative estimate of drug-likeness (QED) is 0.529. The molecule has 1 N–H and O–H groups in total. The number of carbonyl (C=O) groups excluding carboxylic acids is 2. The van der Waals surface area contributed by atoms with Crippen LogP contribution in [0.4, 0.5) is 4.39 Å². The van der Waals surface area contributed by atoms with Gasteiger partial charge >= 0.3 is 0 Å². The predicted molar refractivity (Wildman–Crippen MR) is 126 cm³/mol. The molecule has 0 unspecified atom stereocenters. The van der Waals surface area contributed by atoms with Crippen molar-refractivity contribution in [1.82, 2.24) is 5.32 Å². The highest BCUT2D eigenvalue weighted by Gasteiger charge is 2.26. The van der Waals surface area contributed by atoms with Crippen LogP contribution in [0.2, 0.25) is 19.6 Å². The molecule has 0 heterocycles. The summed E-state index contributed by atoms with van der Waals surface area (Å²) in [4.78, 5) is 25.4. The lowest BCUT2D eigenvalue weighted by Crippen LogP contribution is -2.40. The first kappa shape index (κ1) is 25.9. The lowest BCUT2D eigenvalue weighted by atomic mass is 9.96. The van der Waals surface area contributed by atoms with Crippen LogP contribution in [0.1, 0.15) is 22.7 Å². The summed E-state index contributed by atoms with van der Waals surface area (Å²) < 4.78 is 42.7. The molecule has 0 aliphatic heterocycles. The summed E-state index contributed by atoms with van der Waals surface area (Å²) in [7, 11) is -3.85. The summed E-state index contributed by atoms with van der Waals surface area (Å²) in [5, 5.41) is 3.21. The smallest absolute Gasteiger partial charge is 0.236 e. The molecule has 0 aromatic heterocycles. The third-order valence-corrected chi connectivity index (χ3v) is 7.67. The lowest BCUT2D eigenvalue weighted by molar-refractivity contribution is -0.126. The van der Waals surface area contributed by atoms with Gasteiger partial charge in [-0.1, -0.05) is 56.0 Å². The molecule has 2 aromatic carbocycles. The van der Waals surface area contributed by atoms with E-state index in [2.05, 4.69) is 5.32 Å². The van der Waals surface area contributed by atoms with Crippen LogP contribution in [0.25, 0.3) is 0 Å². The number of benzene rings is 2. The summed E-state index contributed by atoms with van der Waals surface area (Å²) in [6.07, 6.45) is 0.846. The van der Waals surface area contributed by atoms with Gasteiger partial charge in [0.1, 0.15) is 17.6 Å². The number of hydrogen-bond donors (Lipinski definition) is 1. The highest BCUT2D eigenvalue weighted by molar-refractivity contribution is 7.91. The number of nitrogens with one attached hydrogen (secondary N) is 1. The molecule has 1 amide bonds. The fourth-order valence-corrected chi connectivity index (χ4v) is 5.28. The maximum Gasteiger partial charge on any atom is 0.236 e. The van der Waals surface area contributed by atoms with Gasteiger partial charge in [0.15, 0.2) is 15.6 Å². The molecule has 9 heteroatoms. The Morgan fingerprint density at radius 2 is 1.66 bits per heavy atom. The molecule has 0 radical (unpaired) electrons. The molecule has 0 fully saturated rings. The van der Waals surface area contributed by atoms with Crippen molar-refractivity contribution in [3.8, 4) is 0 Å². The lowest BCUT2D eigenvalue weighted by Gasteiger charge is -2.20. The zero-order chi connectivity index (χ0) is 24.1. The van der Waals surface area contributed by atoms with Crippen molar-refractivity contribution >= 4 is 34.8 Å². The molecule has 0 aliphatic carbocycles. The summed E-state index contributed by atoms with van der Waals surface area (Å²) in [5.41, 5.74) is 1.89. The van der Waals surface area contributed by atoms with Crippen LogP contribution in [0.15, 0.2) is 42.5 Å². The number of sulfone groups is 1. The van der Waals surface area contributed by atoms with Crippen LogP contribution >= 0.6 is 0 Å². The minimum atomic E-state index is -3.56. The average Bonchev–Trinajstić information content (AvgIpc) is 2.64. The van der Waals surface area contributed by atoms with E-state index in [1.54, 1.807) is 43.5 Å². The van der Waals surface area contributed by atoms with Gasteiger partial charge in [-0.2, -0.15) is 0 Å². The van der Waals surface area contributed by atoms with Crippen molar-refractivity contribution in [3.63, 3.8) is 0 Å². The van der Waals surface area contributed by atoms with Crippen LogP contribution in [0.5, 0.6) is 0 Å². The molecule has 32 heavy (non-hydrogen) atoms. The Hall–Kier alpha value is -2.36. The van der Waals surface area contributed by atoms with E-state index in [9.17, 15) is 22.4 Å². The summed E-state index contributed by atoms with van der Waals surface area (Å²) in [5.74, 6) is -2.20. The number of rotatable bonds is 10. The average molecular weight is 480 g/mol. The Balaban J connectivity index is 2.30. The van der Waals surface area contributed by atoms with Crippen LogP contribution in [0.3, 0.4) is 0 Å². The minimum Gasteiger partial charge on any atom is -0.380 e. The van der Waals surface area contributed by atoms with Gasteiger partial charge in [-0.15, -0.1) is 0 Å². The van der Waals surface area contributed by atoms with Gasteiger partial charge in [0.2, 0.25) is 5.91 Å². The second-order valence-corrected chi connectivity index (χ2v) is 16.1. The van der Waals surface area contributed by atoms with Crippen molar-refractivity contribution < 1.29 is 27.1 Å². The summed E-state index contributed by atoms with van der Waals surface area (Å²) in [6.45, 7) is 6.51. The molecule has 2 aromatic rings. The maximum atomic E-state index is 14.6. The number of carbonyl (C=O) groups is 2. The third-order valence-electron chi connectivity index (χ3n) is 4.86. The van der Waals surface area contributed by atoms with Crippen molar-refractivity contribution in [2.75, 3.05) is 19.1 Å². The van der Waals surface area contributed by atoms with E-state index < -0.39 is 35.6 Å². The molecule has 0 aliphatic rings. The number of ketones is 1. The number of hydrogen-bond acceptors (Lipinski definition) is 5. The Morgan fingerprint density at radius 3 is 2.16 bits per heavy atom. The van der Waals surface area contributed by atoms with E-state index in [-0.39, 0.29) is 18.0 Å². The fourth-order valence-electron chi connectivity index (χ4n) is 3.34. The Kier molecular flexibility index (Phi) is 8.50. The van der Waals surface area contributed by atoms with Crippen molar-refractivity contribution in [3.05, 3.63) is 65.0 Å². The largest absolute Gasteiger partial charge is 0.380 e. The summed E-state index contributed by atoms with van der Waals surface area (Å²) >= 11 is 0.